The molecule has 4 nitrogen and oxygen atoms in total. The summed E-state index contributed by atoms with van der Waals surface area (Å²) in [6, 6.07) is 17.9. The predicted octanol–water partition coefficient (Wildman–Crippen LogP) is 2.93. The van der Waals surface area contributed by atoms with Crippen LogP contribution in [-0.4, -0.2) is 23.4 Å². The first kappa shape index (κ1) is 15.1. The van der Waals surface area contributed by atoms with Crippen molar-refractivity contribution in [2.45, 2.75) is 0 Å². The third-order valence-corrected chi connectivity index (χ3v) is 3.12. The normalized spacial score (nSPS) is 9.90. The van der Waals surface area contributed by atoms with Crippen LogP contribution in [0.4, 0.5) is 0 Å². The summed E-state index contributed by atoms with van der Waals surface area (Å²) < 4.78 is 10.5. The lowest BCUT2D eigenvalue weighted by Crippen LogP contribution is -2.14. The second-order valence-electron chi connectivity index (χ2n) is 4.05. The van der Waals surface area contributed by atoms with Crippen molar-refractivity contribution in [3.8, 4) is 11.5 Å². The summed E-state index contributed by atoms with van der Waals surface area (Å²) in [7, 11) is 0. The Kier molecular flexibility index (Phi) is 5.84. The Bertz CT molecular complexity index is 530. The second kappa shape index (κ2) is 8.11. The van der Waals surface area contributed by atoms with E-state index in [9.17, 15) is 9.59 Å². The standard InChI is InChI=1S/C16H14O4S/c17-15(11-19-13-7-3-1-4-8-13)21-16(18)12-20-14-9-5-2-6-10-14/h1-10H,11-12H2. The Morgan fingerprint density at radius 2 is 1.10 bits per heavy atom. The highest BCUT2D eigenvalue weighted by molar-refractivity contribution is 8.26. The molecule has 0 heterocycles. The third kappa shape index (κ3) is 5.71. The molecule has 0 aromatic heterocycles. The van der Waals surface area contributed by atoms with Gasteiger partial charge in [0.25, 0.3) is 0 Å². The van der Waals surface area contributed by atoms with Gasteiger partial charge in [-0.1, -0.05) is 36.4 Å². The van der Waals surface area contributed by atoms with Crippen LogP contribution in [0.5, 0.6) is 11.5 Å². The van der Waals surface area contributed by atoms with Gasteiger partial charge in [-0.15, -0.1) is 0 Å². The number of thioether (sulfide) groups is 1. The average molecular weight is 302 g/mol. The monoisotopic (exact) mass is 302 g/mol. The third-order valence-electron chi connectivity index (χ3n) is 2.43. The quantitative estimate of drug-likeness (QED) is 0.821. The fourth-order valence-corrected chi connectivity index (χ4v) is 1.99. The zero-order chi connectivity index (χ0) is 14.9. The average Bonchev–Trinajstić information content (AvgIpc) is 2.53. The Hall–Kier alpha value is -2.27. The fraction of sp³-hybridized carbons (Fsp3) is 0.125. The number of carbonyl (C=O) groups excluding carboxylic acids is 2. The van der Waals surface area contributed by atoms with Crippen molar-refractivity contribution in [2.75, 3.05) is 13.2 Å². The van der Waals surface area contributed by atoms with Crippen LogP contribution in [-0.2, 0) is 9.59 Å². The van der Waals surface area contributed by atoms with Crippen molar-refractivity contribution in [2.24, 2.45) is 0 Å². The molecule has 0 unspecified atom stereocenters. The highest BCUT2D eigenvalue weighted by atomic mass is 32.2. The molecule has 2 aromatic rings. The van der Waals surface area contributed by atoms with Crippen molar-refractivity contribution in [1.29, 1.82) is 0 Å². The smallest absolute Gasteiger partial charge is 0.233 e. The lowest BCUT2D eigenvalue weighted by molar-refractivity contribution is -0.115. The predicted molar refractivity (Wildman–Crippen MR) is 81.5 cm³/mol. The van der Waals surface area contributed by atoms with Gasteiger partial charge in [0.05, 0.1) is 0 Å². The maximum Gasteiger partial charge on any atom is 0.233 e. The zero-order valence-corrected chi connectivity index (χ0v) is 12.0. The number of para-hydroxylation sites is 2. The van der Waals surface area contributed by atoms with E-state index in [4.69, 9.17) is 9.47 Å². The van der Waals surface area contributed by atoms with Gasteiger partial charge < -0.3 is 9.47 Å². The minimum absolute atomic E-state index is 0.147. The molecule has 0 saturated heterocycles. The molecule has 0 radical (unpaired) electrons. The first-order chi connectivity index (χ1) is 10.2. The summed E-state index contributed by atoms with van der Waals surface area (Å²) in [5.41, 5.74) is 0. The number of hydrogen-bond donors (Lipinski definition) is 0. The summed E-state index contributed by atoms with van der Waals surface area (Å²) in [6.45, 7) is -0.294. The lowest BCUT2D eigenvalue weighted by Gasteiger charge is -2.05. The van der Waals surface area contributed by atoms with Gasteiger partial charge in [0.1, 0.15) is 11.5 Å². The molecule has 0 spiro atoms. The van der Waals surface area contributed by atoms with Gasteiger partial charge in [-0.2, -0.15) is 0 Å². The van der Waals surface area contributed by atoms with Crippen molar-refractivity contribution in [3.05, 3.63) is 60.7 Å². The Morgan fingerprint density at radius 3 is 1.48 bits per heavy atom. The van der Waals surface area contributed by atoms with Crippen molar-refractivity contribution in [1.82, 2.24) is 0 Å². The molecule has 108 valence electrons. The van der Waals surface area contributed by atoms with Gasteiger partial charge in [0, 0.05) is 0 Å². The van der Waals surface area contributed by atoms with E-state index in [1.54, 1.807) is 24.3 Å². The first-order valence-corrected chi connectivity index (χ1v) is 7.15. The van der Waals surface area contributed by atoms with E-state index < -0.39 is 0 Å². The molecular formula is C16H14O4S. The molecule has 0 atom stereocenters. The largest absolute Gasteiger partial charge is 0.485 e. The minimum atomic E-state index is -0.347. The van der Waals surface area contributed by atoms with Crippen LogP contribution in [0.25, 0.3) is 0 Å². The lowest BCUT2D eigenvalue weighted by atomic mass is 10.3. The van der Waals surface area contributed by atoms with Gasteiger partial charge >= 0.3 is 0 Å². The second-order valence-corrected chi connectivity index (χ2v) is 5.16. The Labute approximate surface area is 127 Å². The van der Waals surface area contributed by atoms with E-state index in [0.29, 0.717) is 23.3 Å². The number of carbonyl (C=O) groups is 2. The van der Waals surface area contributed by atoms with Gasteiger partial charge in [-0.25, -0.2) is 0 Å². The molecule has 0 fully saturated rings. The first-order valence-electron chi connectivity index (χ1n) is 6.33. The van der Waals surface area contributed by atoms with Crippen molar-refractivity contribution >= 4 is 22.0 Å². The van der Waals surface area contributed by atoms with E-state index in [1.807, 2.05) is 36.4 Å². The maximum atomic E-state index is 11.6. The van der Waals surface area contributed by atoms with Crippen LogP contribution >= 0.6 is 11.8 Å². The van der Waals surface area contributed by atoms with Crippen LogP contribution in [0, 0.1) is 0 Å². The molecular weight excluding hydrogens is 288 g/mol. The van der Waals surface area contributed by atoms with Crippen molar-refractivity contribution in [3.63, 3.8) is 0 Å². The summed E-state index contributed by atoms with van der Waals surface area (Å²) in [6.07, 6.45) is 0. The minimum Gasteiger partial charge on any atom is -0.485 e. The van der Waals surface area contributed by atoms with Crippen LogP contribution in [0.15, 0.2) is 60.7 Å². The summed E-state index contributed by atoms with van der Waals surface area (Å²) in [5, 5.41) is -0.693. The SMILES string of the molecule is O=C(COc1ccccc1)SC(=O)COc1ccccc1. The molecule has 0 aliphatic rings. The zero-order valence-electron chi connectivity index (χ0n) is 11.2. The van der Waals surface area contributed by atoms with E-state index >= 15 is 0 Å². The van der Waals surface area contributed by atoms with E-state index in [-0.39, 0.29) is 23.4 Å². The molecule has 2 rings (SSSR count). The molecule has 0 amide bonds. The number of hydrogen-bond acceptors (Lipinski definition) is 5. The topological polar surface area (TPSA) is 52.6 Å². The highest BCUT2D eigenvalue weighted by Gasteiger charge is 2.12. The van der Waals surface area contributed by atoms with E-state index in [1.165, 1.54) is 0 Å². The Morgan fingerprint density at radius 1 is 0.714 bits per heavy atom. The van der Waals surface area contributed by atoms with E-state index in [0.717, 1.165) is 0 Å². The molecule has 0 saturated carbocycles. The van der Waals surface area contributed by atoms with Crippen LogP contribution in [0.2, 0.25) is 0 Å². The van der Waals surface area contributed by atoms with Crippen LogP contribution < -0.4 is 9.47 Å². The van der Waals surface area contributed by atoms with Gasteiger partial charge in [-0.05, 0) is 36.0 Å². The van der Waals surface area contributed by atoms with Gasteiger partial charge in [-0.3, -0.25) is 9.59 Å². The van der Waals surface area contributed by atoms with Gasteiger partial charge in [0.15, 0.2) is 13.2 Å². The molecule has 0 N–H and O–H groups in total. The fourth-order valence-electron chi connectivity index (χ4n) is 1.50. The molecule has 21 heavy (non-hydrogen) atoms. The summed E-state index contributed by atoms with van der Waals surface area (Å²) in [5.74, 6) is 1.19. The molecule has 0 bridgehead atoms. The summed E-state index contributed by atoms with van der Waals surface area (Å²) in [4.78, 5) is 23.2. The van der Waals surface area contributed by atoms with Gasteiger partial charge in [0.2, 0.25) is 10.2 Å². The van der Waals surface area contributed by atoms with Crippen LogP contribution in [0.3, 0.4) is 0 Å². The Balaban J connectivity index is 1.69. The molecule has 0 aliphatic carbocycles. The highest BCUT2D eigenvalue weighted by Crippen LogP contribution is 2.12. The van der Waals surface area contributed by atoms with Crippen LogP contribution in [0.1, 0.15) is 0 Å². The summed E-state index contributed by atoms with van der Waals surface area (Å²) >= 11 is 0.610. The molecule has 5 heteroatoms. The molecule has 0 aliphatic heterocycles. The van der Waals surface area contributed by atoms with E-state index in [2.05, 4.69) is 0 Å². The number of benzene rings is 2. The van der Waals surface area contributed by atoms with Crippen molar-refractivity contribution < 1.29 is 19.1 Å². The number of rotatable bonds is 6. The molecule has 2 aromatic carbocycles. The number of ether oxygens (including phenoxy) is 2. The maximum absolute atomic E-state index is 11.6.